The summed E-state index contributed by atoms with van der Waals surface area (Å²) in [6.07, 6.45) is 7.21. The highest BCUT2D eigenvalue weighted by atomic mass is 16.5. The normalized spacial score (nSPS) is 24.8. The van der Waals surface area contributed by atoms with E-state index in [4.69, 9.17) is 15.9 Å². The van der Waals surface area contributed by atoms with E-state index in [1.807, 2.05) is 26.0 Å². The molecule has 5 N–H and O–H groups in total. The molecule has 2 heterocycles. The summed E-state index contributed by atoms with van der Waals surface area (Å²) in [7, 11) is 0. The molecule has 2 atom stereocenters. The molecular formula is C21H23N5O3. The molecule has 0 saturated heterocycles. The maximum atomic E-state index is 12.9. The second-order valence-corrected chi connectivity index (χ2v) is 8.08. The smallest absolute Gasteiger partial charge is 0.260 e. The Morgan fingerprint density at radius 1 is 1.41 bits per heavy atom. The zero-order valence-corrected chi connectivity index (χ0v) is 16.3. The van der Waals surface area contributed by atoms with Crippen LogP contribution in [0.2, 0.25) is 0 Å². The minimum atomic E-state index is -0.453. The van der Waals surface area contributed by atoms with Crippen LogP contribution in [0.4, 0.5) is 5.69 Å². The van der Waals surface area contributed by atoms with Crippen molar-refractivity contribution in [1.29, 1.82) is 5.41 Å². The first-order valence-corrected chi connectivity index (χ1v) is 9.46. The summed E-state index contributed by atoms with van der Waals surface area (Å²) in [5.41, 5.74) is 7.68. The number of hydrogen-bond donors (Lipinski definition) is 4. The Bertz CT molecular complexity index is 1010. The topological polar surface area (TPSA) is 130 Å². The molecule has 0 radical (unpaired) electrons. The number of amides is 2. The van der Waals surface area contributed by atoms with E-state index < -0.39 is 5.91 Å². The van der Waals surface area contributed by atoms with E-state index in [0.29, 0.717) is 24.4 Å². The predicted molar refractivity (Wildman–Crippen MR) is 110 cm³/mol. The van der Waals surface area contributed by atoms with E-state index in [0.717, 1.165) is 23.1 Å². The Balaban J connectivity index is 1.68. The summed E-state index contributed by atoms with van der Waals surface area (Å²) in [4.78, 5) is 28.6. The van der Waals surface area contributed by atoms with Crippen molar-refractivity contribution in [3.8, 4) is 5.75 Å². The van der Waals surface area contributed by atoms with Crippen molar-refractivity contribution in [2.45, 2.75) is 38.2 Å². The first-order valence-electron chi connectivity index (χ1n) is 9.46. The van der Waals surface area contributed by atoms with Crippen molar-refractivity contribution in [3.05, 3.63) is 46.9 Å². The number of benzene rings is 1. The zero-order chi connectivity index (χ0) is 20.8. The van der Waals surface area contributed by atoms with Gasteiger partial charge in [0, 0.05) is 42.2 Å². The predicted octanol–water partition coefficient (Wildman–Crippen LogP) is 1.98. The summed E-state index contributed by atoms with van der Waals surface area (Å²) in [5, 5.41) is 13.4. The van der Waals surface area contributed by atoms with Crippen molar-refractivity contribution >= 4 is 29.9 Å². The Labute approximate surface area is 168 Å². The second kappa shape index (κ2) is 6.88. The number of fused-ring (bicyclic) bond motifs is 1. The SMILES string of the molecule is CC1(C)Cc2cc(NC(=O)/C(C=N)=C3\N=CC=CN3)c([C@@H]3C[C@H]3C(N)=O)cc2O1. The second-order valence-electron chi connectivity index (χ2n) is 8.08. The van der Waals surface area contributed by atoms with Gasteiger partial charge in [-0.25, -0.2) is 4.99 Å². The minimum Gasteiger partial charge on any atom is -0.487 e. The number of ether oxygens (including phenoxy) is 1. The van der Waals surface area contributed by atoms with Crippen LogP contribution in [0, 0.1) is 11.3 Å². The van der Waals surface area contributed by atoms with E-state index >= 15 is 0 Å². The minimum absolute atomic E-state index is 0.0507. The molecule has 2 aliphatic heterocycles. The van der Waals surface area contributed by atoms with Gasteiger partial charge in [0.1, 0.15) is 17.2 Å². The van der Waals surface area contributed by atoms with Crippen LogP contribution in [0.5, 0.6) is 5.75 Å². The van der Waals surface area contributed by atoms with Gasteiger partial charge in [0.05, 0.1) is 5.57 Å². The molecule has 150 valence electrons. The van der Waals surface area contributed by atoms with E-state index in [9.17, 15) is 9.59 Å². The van der Waals surface area contributed by atoms with Gasteiger partial charge in [-0.05, 0) is 50.0 Å². The number of nitrogens with zero attached hydrogens (tertiary/aromatic N) is 1. The molecule has 2 amide bonds. The van der Waals surface area contributed by atoms with Crippen LogP contribution in [0.1, 0.15) is 37.3 Å². The number of aliphatic imine (C=N–C) groups is 1. The quantitative estimate of drug-likeness (QED) is 0.450. The fraction of sp³-hybridized carbons (Fsp3) is 0.333. The van der Waals surface area contributed by atoms with Gasteiger partial charge in [-0.15, -0.1) is 0 Å². The maximum absolute atomic E-state index is 12.9. The van der Waals surface area contributed by atoms with Crippen molar-refractivity contribution in [2.75, 3.05) is 5.32 Å². The number of carbonyl (C=O) groups excluding carboxylic acids is 2. The van der Waals surface area contributed by atoms with Gasteiger partial charge < -0.3 is 26.5 Å². The first-order chi connectivity index (χ1) is 13.8. The van der Waals surface area contributed by atoms with E-state index in [1.165, 1.54) is 0 Å². The average molecular weight is 393 g/mol. The lowest BCUT2D eigenvalue weighted by Gasteiger charge is -2.17. The Kier molecular flexibility index (Phi) is 4.49. The number of nitrogens with one attached hydrogen (secondary N) is 3. The lowest BCUT2D eigenvalue weighted by molar-refractivity contribution is -0.119. The summed E-state index contributed by atoms with van der Waals surface area (Å²) >= 11 is 0. The number of hydrogen-bond acceptors (Lipinski definition) is 6. The van der Waals surface area contributed by atoms with Gasteiger partial charge in [0.2, 0.25) is 5.91 Å². The van der Waals surface area contributed by atoms with Gasteiger partial charge >= 0.3 is 0 Å². The standard InChI is InChI=1S/C21H23N5O3/c1-21(2)9-11-6-16(13(8-17(11)29-21)12-7-14(12)18(23)27)26-20(28)15(10-22)19-24-4-3-5-25-19/h3-6,8,10,12,14,22,24H,7,9H2,1-2H3,(H2,23,27)(H,26,28)/b19-15-,22-10?/t12-,14+/m0/s1. The van der Waals surface area contributed by atoms with Crippen LogP contribution in [-0.2, 0) is 16.0 Å². The monoisotopic (exact) mass is 393 g/mol. The molecule has 1 saturated carbocycles. The molecule has 4 rings (SSSR count). The largest absolute Gasteiger partial charge is 0.487 e. The molecule has 1 fully saturated rings. The van der Waals surface area contributed by atoms with Gasteiger partial charge in [-0.2, -0.15) is 0 Å². The average Bonchev–Trinajstić information content (AvgIpc) is 3.40. The van der Waals surface area contributed by atoms with Gasteiger partial charge in [0.15, 0.2) is 0 Å². The van der Waals surface area contributed by atoms with Crippen molar-refractivity contribution in [3.63, 3.8) is 0 Å². The Morgan fingerprint density at radius 3 is 2.83 bits per heavy atom. The van der Waals surface area contributed by atoms with Crippen LogP contribution < -0.4 is 21.1 Å². The molecule has 0 spiro atoms. The van der Waals surface area contributed by atoms with Gasteiger partial charge in [-0.1, -0.05) is 0 Å². The van der Waals surface area contributed by atoms with Gasteiger partial charge in [-0.3, -0.25) is 9.59 Å². The highest BCUT2D eigenvalue weighted by Gasteiger charge is 2.45. The number of carbonyl (C=O) groups is 2. The van der Waals surface area contributed by atoms with Crippen molar-refractivity contribution in [1.82, 2.24) is 5.32 Å². The molecular weight excluding hydrogens is 370 g/mol. The lowest BCUT2D eigenvalue weighted by Crippen LogP contribution is -2.24. The van der Waals surface area contributed by atoms with Crippen LogP contribution in [0.15, 0.2) is 40.8 Å². The van der Waals surface area contributed by atoms with E-state index in [-0.39, 0.29) is 28.9 Å². The van der Waals surface area contributed by atoms with E-state index in [1.54, 1.807) is 18.5 Å². The molecule has 0 unspecified atom stereocenters. The third kappa shape index (κ3) is 3.65. The highest BCUT2D eigenvalue weighted by molar-refractivity contribution is 6.18. The maximum Gasteiger partial charge on any atom is 0.260 e. The van der Waals surface area contributed by atoms with Crippen LogP contribution in [-0.4, -0.2) is 29.8 Å². The van der Waals surface area contributed by atoms with Crippen molar-refractivity contribution in [2.24, 2.45) is 16.6 Å². The van der Waals surface area contributed by atoms with Gasteiger partial charge in [0.25, 0.3) is 5.91 Å². The number of rotatable bonds is 5. The zero-order valence-electron chi connectivity index (χ0n) is 16.3. The number of allylic oxidation sites excluding steroid dienone is 1. The number of anilines is 1. The lowest BCUT2D eigenvalue weighted by atomic mass is 9.97. The summed E-state index contributed by atoms with van der Waals surface area (Å²) in [5.74, 6) is -0.0193. The molecule has 8 heteroatoms. The van der Waals surface area contributed by atoms with Crippen molar-refractivity contribution < 1.29 is 14.3 Å². The van der Waals surface area contributed by atoms with E-state index in [2.05, 4.69) is 15.6 Å². The molecule has 3 aliphatic rings. The summed E-state index contributed by atoms with van der Waals surface area (Å²) in [6, 6.07) is 3.81. The molecule has 0 bridgehead atoms. The molecule has 1 aliphatic carbocycles. The Hall–Kier alpha value is -3.42. The Morgan fingerprint density at radius 2 is 2.21 bits per heavy atom. The third-order valence-electron chi connectivity index (χ3n) is 5.29. The molecule has 1 aromatic rings. The van der Waals surface area contributed by atoms with Crippen LogP contribution in [0.25, 0.3) is 0 Å². The molecule has 8 nitrogen and oxygen atoms in total. The van der Waals surface area contributed by atoms with Crippen LogP contribution >= 0.6 is 0 Å². The fourth-order valence-corrected chi connectivity index (χ4v) is 3.84. The molecule has 1 aromatic carbocycles. The summed E-state index contributed by atoms with van der Waals surface area (Å²) in [6.45, 7) is 4.01. The third-order valence-corrected chi connectivity index (χ3v) is 5.29. The fourth-order valence-electron chi connectivity index (χ4n) is 3.84. The first kappa shape index (κ1) is 18.9. The molecule has 0 aromatic heterocycles. The highest BCUT2D eigenvalue weighted by Crippen LogP contribution is 2.52. The number of primary amides is 1. The van der Waals surface area contributed by atoms with Crippen LogP contribution in [0.3, 0.4) is 0 Å². The summed E-state index contributed by atoms with van der Waals surface area (Å²) < 4.78 is 6.02. The number of nitrogens with two attached hydrogens (primary N) is 1. The molecule has 29 heavy (non-hydrogen) atoms.